The predicted molar refractivity (Wildman–Crippen MR) is 64.4 cm³/mol. The van der Waals surface area contributed by atoms with E-state index in [1.165, 1.54) is 19.3 Å². The van der Waals surface area contributed by atoms with Crippen LogP contribution in [0, 0.1) is 29.6 Å². The maximum Gasteiger partial charge on any atom is -0.0258 e. The zero-order valence-electron chi connectivity index (χ0n) is 10.2. The molecular weight excluding hydrogens is 180 g/mol. The number of rotatable bonds is 4. The van der Waals surface area contributed by atoms with E-state index < -0.39 is 0 Å². The second kappa shape index (κ2) is 3.79. The van der Waals surface area contributed by atoms with Crippen molar-refractivity contribution in [1.82, 2.24) is 0 Å². The van der Waals surface area contributed by atoms with Gasteiger partial charge in [-0.15, -0.1) is 0 Å². The molecule has 0 N–H and O–H groups in total. The summed E-state index contributed by atoms with van der Waals surface area (Å²) >= 11 is 0. The Morgan fingerprint density at radius 1 is 1.00 bits per heavy atom. The van der Waals surface area contributed by atoms with E-state index in [4.69, 9.17) is 0 Å². The van der Waals surface area contributed by atoms with E-state index in [0.29, 0.717) is 0 Å². The fourth-order valence-electron chi connectivity index (χ4n) is 5.04. The highest BCUT2D eigenvalue weighted by Crippen LogP contribution is 2.61. The Balaban J connectivity index is 1.65. The molecule has 0 heterocycles. The van der Waals surface area contributed by atoms with Gasteiger partial charge >= 0.3 is 0 Å². The molecule has 4 aliphatic rings. The standard InChI is InChI=1S/C15H25/c1-2-3-4-5-15-9-12-6-13(10-15)8-14(7-12)11-15/h5,12-14H,2-4,6-11H2,1H3. The van der Waals surface area contributed by atoms with Crippen LogP contribution in [0.4, 0.5) is 0 Å². The zero-order chi connectivity index (χ0) is 10.3. The lowest BCUT2D eigenvalue weighted by Gasteiger charge is -2.57. The lowest BCUT2D eigenvalue weighted by molar-refractivity contribution is -0.0347. The van der Waals surface area contributed by atoms with E-state index in [9.17, 15) is 0 Å². The summed E-state index contributed by atoms with van der Waals surface area (Å²) < 4.78 is 0. The first-order chi connectivity index (χ1) is 7.30. The molecule has 15 heavy (non-hydrogen) atoms. The van der Waals surface area contributed by atoms with Gasteiger partial charge in [0, 0.05) is 0 Å². The smallest absolute Gasteiger partial charge is 0.0258 e. The first-order valence-corrected chi connectivity index (χ1v) is 7.14. The van der Waals surface area contributed by atoms with E-state index in [2.05, 4.69) is 13.3 Å². The van der Waals surface area contributed by atoms with Gasteiger partial charge in [-0.1, -0.05) is 19.8 Å². The van der Waals surface area contributed by atoms with Gasteiger partial charge in [0.2, 0.25) is 0 Å². The van der Waals surface area contributed by atoms with Crippen LogP contribution in [0.5, 0.6) is 0 Å². The summed E-state index contributed by atoms with van der Waals surface area (Å²) in [5.74, 6) is 3.36. The van der Waals surface area contributed by atoms with Crippen LogP contribution in [-0.4, -0.2) is 0 Å². The van der Waals surface area contributed by atoms with Crippen molar-refractivity contribution in [2.24, 2.45) is 23.2 Å². The Kier molecular flexibility index (Phi) is 2.57. The van der Waals surface area contributed by atoms with Crippen molar-refractivity contribution in [3.63, 3.8) is 0 Å². The molecule has 0 unspecified atom stereocenters. The number of hydrogen-bond donors (Lipinski definition) is 0. The van der Waals surface area contributed by atoms with E-state index in [-0.39, 0.29) is 0 Å². The summed E-state index contributed by atoms with van der Waals surface area (Å²) in [7, 11) is 0. The monoisotopic (exact) mass is 205 g/mol. The average molecular weight is 205 g/mol. The minimum atomic E-state index is 0.726. The van der Waals surface area contributed by atoms with Gasteiger partial charge in [0.05, 0.1) is 0 Å². The van der Waals surface area contributed by atoms with Gasteiger partial charge in [0.15, 0.2) is 0 Å². The fraction of sp³-hybridized carbons (Fsp3) is 0.933. The lowest BCUT2D eigenvalue weighted by atomic mass is 9.48. The third kappa shape index (κ3) is 1.85. The Morgan fingerprint density at radius 3 is 2.00 bits per heavy atom. The third-order valence-electron chi connectivity index (χ3n) is 5.22. The van der Waals surface area contributed by atoms with E-state index in [1.54, 1.807) is 38.5 Å². The summed E-state index contributed by atoms with van der Waals surface area (Å²) in [6.07, 6.45) is 16.4. The van der Waals surface area contributed by atoms with Crippen molar-refractivity contribution in [3.8, 4) is 0 Å². The topological polar surface area (TPSA) is 0 Å². The van der Waals surface area contributed by atoms with Crippen LogP contribution in [0.1, 0.15) is 64.7 Å². The second-order valence-electron chi connectivity index (χ2n) is 6.63. The molecule has 1 radical (unpaired) electrons. The molecule has 4 bridgehead atoms. The summed E-state index contributed by atoms with van der Waals surface area (Å²) in [5, 5.41) is 0. The van der Waals surface area contributed by atoms with E-state index in [1.807, 2.05) is 0 Å². The van der Waals surface area contributed by atoms with Crippen LogP contribution in [0.15, 0.2) is 0 Å². The van der Waals surface area contributed by atoms with Crippen molar-refractivity contribution in [3.05, 3.63) is 6.42 Å². The van der Waals surface area contributed by atoms with Crippen LogP contribution in [0.2, 0.25) is 0 Å². The van der Waals surface area contributed by atoms with Crippen LogP contribution in [0.3, 0.4) is 0 Å². The van der Waals surface area contributed by atoms with Crippen LogP contribution >= 0.6 is 0 Å². The maximum atomic E-state index is 2.75. The van der Waals surface area contributed by atoms with Crippen molar-refractivity contribution in [1.29, 1.82) is 0 Å². The zero-order valence-corrected chi connectivity index (χ0v) is 10.2. The number of hydrogen-bond acceptors (Lipinski definition) is 0. The molecule has 0 amide bonds. The molecule has 0 saturated heterocycles. The summed E-state index contributed by atoms with van der Waals surface area (Å²) in [4.78, 5) is 0. The Hall–Kier alpha value is 0. The van der Waals surface area contributed by atoms with Crippen LogP contribution in [0.25, 0.3) is 0 Å². The summed E-state index contributed by atoms with van der Waals surface area (Å²) in [6, 6.07) is 0. The quantitative estimate of drug-likeness (QED) is 0.588. The molecule has 0 heteroatoms. The highest BCUT2D eigenvalue weighted by atomic mass is 14.5. The molecule has 0 nitrogen and oxygen atoms in total. The normalized spacial score (nSPS) is 47.4. The van der Waals surface area contributed by atoms with Crippen molar-refractivity contribution >= 4 is 0 Å². The molecule has 0 spiro atoms. The van der Waals surface area contributed by atoms with Gasteiger partial charge in [-0.25, -0.2) is 0 Å². The van der Waals surface area contributed by atoms with E-state index in [0.717, 1.165) is 23.2 Å². The Morgan fingerprint density at radius 2 is 1.53 bits per heavy atom. The maximum absolute atomic E-state index is 2.75. The van der Waals surface area contributed by atoms with E-state index >= 15 is 0 Å². The van der Waals surface area contributed by atoms with Crippen molar-refractivity contribution in [2.45, 2.75) is 64.7 Å². The number of unbranched alkanes of at least 4 members (excludes halogenated alkanes) is 2. The molecule has 4 fully saturated rings. The summed E-state index contributed by atoms with van der Waals surface area (Å²) in [5.41, 5.74) is 0.726. The highest BCUT2D eigenvalue weighted by Gasteiger charge is 2.50. The Labute approximate surface area is 94.8 Å². The molecule has 4 aliphatic carbocycles. The molecule has 4 saturated carbocycles. The molecular formula is C15H25. The largest absolute Gasteiger partial charge is 0.0654 e. The van der Waals surface area contributed by atoms with Gasteiger partial charge in [-0.3, -0.25) is 0 Å². The van der Waals surface area contributed by atoms with Crippen molar-refractivity contribution in [2.75, 3.05) is 0 Å². The van der Waals surface area contributed by atoms with Gasteiger partial charge in [-0.2, -0.15) is 0 Å². The summed E-state index contributed by atoms with van der Waals surface area (Å²) in [6.45, 7) is 2.31. The first kappa shape index (κ1) is 10.2. The molecule has 0 aromatic rings. The van der Waals surface area contributed by atoms with Gasteiger partial charge in [-0.05, 0) is 74.5 Å². The molecule has 0 aromatic heterocycles. The van der Waals surface area contributed by atoms with Gasteiger partial charge < -0.3 is 0 Å². The van der Waals surface area contributed by atoms with Crippen LogP contribution < -0.4 is 0 Å². The molecule has 0 aromatic carbocycles. The molecule has 0 atom stereocenters. The van der Waals surface area contributed by atoms with Crippen LogP contribution in [-0.2, 0) is 0 Å². The first-order valence-electron chi connectivity index (χ1n) is 7.14. The van der Waals surface area contributed by atoms with Gasteiger partial charge in [0.1, 0.15) is 0 Å². The molecule has 0 aliphatic heterocycles. The lowest BCUT2D eigenvalue weighted by Crippen LogP contribution is -2.46. The van der Waals surface area contributed by atoms with Crippen molar-refractivity contribution < 1.29 is 0 Å². The highest BCUT2D eigenvalue weighted by molar-refractivity contribution is 5.06. The fourth-order valence-corrected chi connectivity index (χ4v) is 5.04. The average Bonchev–Trinajstić information content (AvgIpc) is 2.15. The van der Waals surface area contributed by atoms with Gasteiger partial charge in [0.25, 0.3) is 0 Å². The second-order valence-corrected chi connectivity index (χ2v) is 6.63. The molecule has 4 rings (SSSR count). The SMILES string of the molecule is CCCC[CH]C12CC3CC(CC(C3)C1)C2. The minimum Gasteiger partial charge on any atom is -0.0654 e. The third-order valence-corrected chi connectivity index (χ3v) is 5.22. The molecule has 85 valence electrons. The Bertz CT molecular complexity index is 193. The minimum absolute atomic E-state index is 0.726. The predicted octanol–water partition coefficient (Wildman–Crippen LogP) is 4.60.